The van der Waals surface area contributed by atoms with Crippen molar-refractivity contribution in [3.8, 4) is 5.75 Å². The van der Waals surface area contributed by atoms with E-state index in [4.69, 9.17) is 32.7 Å². The summed E-state index contributed by atoms with van der Waals surface area (Å²) in [6.45, 7) is 1.37. The molecule has 0 saturated heterocycles. The van der Waals surface area contributed by atoms with Crippen LogP contribution in [-0.2, 0) is 4.74 Å². The van der Waals surface area contributed by atoms with E-state index in [0.29, 0.717) is 11.6 Å². The molecule has 21 heavy (non-hydrogen) atoms. The maximum absolute atomic E-state index is 12.1. The number of esters is 1. The van der Waals surface area contributed by atoms with Crippen molar-refractivity contribution in [2.45, 2.75) is 25.7 Å². The van der Waals surface area contributed by atoms with E-state index in [1.807, 2.05) is 7.05 Å². The number of hydrogen-bond acceptors (Lipinski definition) is 4. The monoisotopic (exact) mass is 333 g/mol. The van der Waals surface area contributed by atoms with Gasteiger partial charge in [0.2, 0.25) is 0 Å². The van der Waals surface area contributed by atoms with Gasteiger partial charge in [0, 0.05) is 0 Å². The predicted molar refractivity (Wildman–Crippen MR) is 85.7 cm³/mol. The van der Waals surface area contributed by atoms with Crippen molar-refractivity contribution in [1.82, 2.24) is 5.32 Å². The minimum Gasteiger partial charge on any atom is -0.494 e. The molecule has 118 valence electrons. The van der Waals surface area contributed by atoms with E-state index in [1.54, 1.807) is 12.1 Å². The van der Waals surface area contributed by atoms with Crippen LogP contribution in [0.1, 0.15) is 36.0 Å². The largest absolute Gasteiger partial charge is 0.494 e. The third-order valence-electron chi connectivity index (χ3n) is 3.02. The summed E-state index contributed by atoms with van der Waals surface area (Å²) in [7, 11) is 3.37. The van der Waals surface area contributed by atoms with E-state index < -0.39 is 5.97 Å². The van der Waals surface area contributed by atoms with Gasteiger partial charge in [0.1, 0.15) is 5.56 Å². The van der Waals surface area contributed by atoms with Crippen molar-refractivity contribution in [1.29, 1.82) is 0 Å². The molecule has 1 aromatic rings. The lowest BCUT2D eigenvalue weighted by atomic mass is 10.2. The third kappa shape index (κ3) is 5.73. The van der Waals surface area contributed by atoms with Gasteiger partial charge in [-0.2, -0.15) is 0 Å². The highest BCUT2D eigenvalue weighted by molar-refractivity contribution is 6.37. The zero-order chi connectivity index (χ0) is 15.7. The molecule has 0 radical (unpaired) electrons. The van der Waals surface area contributed by atoms with E-state index in [1.165, 1.54) is 7.11 Å². The van der Waals surface area contributed by atoms with Crippen molar-refractivity contribution < 1.29 is 14.3 Å². The van der Waals surface area contributed by atoms with E-state index >= 15 is 0 Å². The summed E-state index contributed by atoms with van der Waals surface area (Å²) in [6.07, 6.45) is 4.09. The average molecular weight is 334 g/mol. The van der Waals surface area contributed by atoms with Gasteiger partial charge in [0.15, 0.2) is 5.75 Å². The maximum Gasteiger partial charge on any atom is 0.343 e. The van der Waals surface area contributed by atoms with E-state index in [9.17, 15) is 4.79 Å². The molecule has 1 aromatic carbocycles. The van der Waals surface area contributed by atoms with Crippen molar-refractivity contribution >= 4 is 29.2 Å². The zero-order valence-corrected chi connectivity index (χ0v) is 13.9. The molecule has 0 heterocycles. The minimum absolute atomic E-state index is 0.182. The van der Waals surface area contributed by atoms with Crippen molar-refractivity contribution in [2.75, 3.05) is 27.3 Å². The summed E-state index contributed by atoms with van der Waals surface area (Å²) >= 11 is 12.0. The van der Waals surface area contributed by atoms with Crippen LogP contribution in [0.25, 0.3) is 0 Å². The lowest BCUT2D eigenvalue weighted by Gasteiger charge is -2.11. The molecule has 4 nitrogen and oxygen atoms in total. The highest BCUT2D eigenvalue weighted by Gasteiger charge is 2.20. The molecule has 0 unspecified atom stereocenters. The van der Waals surface area contributed by atoms with Gasteiger partial charge in [-0.3, -0.25) is 0 Å². The van der Waals surface area contributed by atoms with E-state index in [0.717, 1.165) is 32.2 Å². The topological polar surface area (TPSA) is 47.6 Å². The van der Waals surface area contributed by atoms with Crippen LogP contribution in [0.4, 0.5) is 0 Å². The molecule has 1 N–H and O–H groups in total. The van der Waals surface area contributed by atoms with Gasteiger partial charge in [0.05, 0.1) is 23.8 Å². The molecule has 0 aromatic heterocycles. The molecule has 6 heteroatoms. The molecular formula is C15H21Cl2NO3. The molecule has 0 aliphatic carbocycles. The fourth-order valence-electron chi connectivity index (χ4n) is 1.92. The number of hydrogen-bond donors (Lipinski definition) is 1. The standard InChI is InChI=1S/C15H21Cl2NO3/c1-18-9-5-3-4-6-10-21-15(19)13-11(16)7-8-12(17)14(13)20-2/h7-8,18H,3-6,9-10H2,1-2H3. The van der Waals surface area contributed by atoms with Gasteiger partial charge in [-0.25, -0.2) is 4.79 Å². The van der Waals surface area contributed by atoms with Crippen LogP contribution in [-0.4, -0.2) is 33.3 Å². The van der Waals surface area contributed by atoms with Crippen LogP contribution in [0.15, 0.2) is 12.1 Å². The summed E-state index contributed by atoms with van der Waals surface area (Å²) in [5.74, 6) is -0.252. The third-order valence-corrected chi connectivity index (χ3v) is 3.63. The van der Waals surface area contributed by atoms with Crippen LogP contribution >= 0.6 is 23.2 Å². The Morgan fingerprint density at radius 2 is 1.81 bits per heavy atom. The van der Waals surface area contributed by atoms with Crippen molar-refractivity contribution in [3.63, 3.8) is 0 Å². The van der Waals surface area contributed by atoms with Crippen LogP contribution in [0, 0.1) is 0 Å². The Morgan fingerprint density at radius 3 is 2.48 bits per heavy atom. The number of ether oxygens (including phenoxy) is 2. The Morgan fingerprint density at radius 1 is 1.14 bits per heavy atom. The molecular weight excluding hydrogens is 313 g/mol. The second-order valence-corrected chi connectivity index (χ2v) is 5.41. The normalized spacial score (nSPS) is 10.5. The summed E-state index contributed by atoms with van der Waals surface area (Å²) in [5, 5.41) is 3.70. The Bertz CT molecular complexity index is 466. The van der Waals surface area contributed by atoms with Crippen molar-refractivity contribution in [2.24, 2.45) is 0 Å². The second-order valence-electron chi connectivity index (χ2n) is 4.59. The van der Waals surface area contributed by atoms with Gasteiger partial charge < -0.3 is 14.8 Å². The van der Waals surface area contributed by atoms with E-state index in [2.05, 4.69) is 5.32 Å². The molecule has 0 fully saturated rings. The molecule has 0 saturated carbocycles. The lowest BCUT2D eigenvalue weighted by Crippen LogP contribution is -2.10. The molecule has 0 aliphatic heterocycles. The van der Waals surface area contributed by atoms with Crippen LogP contribution in [0.3, 0.4) is 0 Å². The molecule has 0 aliphatic rings. The van der Waals surface area contributed by atoms with Gasteiger partial charge in [-0.05, 0) is 38.6 Å². The van der Waals surface area contributed by atoms with E-state index in [-0.39, 0.29) is 16.3 Å². The summed E-state index contributed by atoms with van der Waals surface area (Å²) in [4.78, 5) is 12.1. The smallest absolute Gasteiger partial charge is 0.343 e. The minimum atomic E-state index is -0.505. The Balaban J connectivity index is 2.47. The summed E-state index contributed by atoms with van der Waals surface area (Å²) in [6, 6.07) is 3.14. The fourth-order valence-corrected chi connectivity index (χ4v) is 2.38. The molecule has 0 atom stereocenters. The highest BCUT2D eigenvalue weighted by atomic mass is 35.5. The maximum atomic E-state index is 12.1. The van der Waals surface area contributed by atoms with Gasteiger partial charge in [0.25, 0.3) is 0 Å². The van der Waals surface area contributed by atoms with Gasteiger partial charge in [-0.1, -0.05) is 36.0 Å². The molecule has 0 spiro atoms. The first-order valence-corrected chi connectivity index (χ1v) is 7.71. The average Bonchev–Trinajstić information content (AvgIpc) is 2.48. The zero-order valence-electron chi connectivity index (χ0n) is 12.4. The number of benzene rings is 1. The Labute approximate surface area is 135 Å². The van der Waals surface area contributed by atoms with Crippen molar-refractivity contribution in [3.05, 3.63) is 27.7 Å². The first kappa shape index (κ1) is 18.1. The quantitative estimate of drug-likeness (QED) is 0.549. The Hall–Kier alpha value is -0.970. The molecule has 1 rings (SSSR count). The molecule has 0 bridgehead atoms. The Kier molecular flexibility index (Phi) is 8.50. The number of rotatable bonds is 9. The first-order chi connectivity index (χ1) is 10.1. The second kappa shape index (κ2) is 9.87. The lowest BCUT2D eigenvalue weighted by molar-refractivity contribution is 0.0494. The van der Waals surface area contributed by atoms with Gasteiger partial charge in [-0.15, -0.1) is 0 Å². The number of carbonyl (C=O) groups excluding carboxylic acids is 1. The van der Waals surface area contributed by atoms with Crippen LogP contribution < -0.4 is 10.1 Å². The predicted octanol–water partition coefficient (Wildman–Crippen LogP) is 3.94. The number of carbonyl (C=O) groups is 1. The highest BCUT2D eigenvalue weighted by Crippen LogP contribution is 2.34. The first-order valence-electron chi connectivity index (χ1n) is 6.95. The van der Waals surface area contributed by atoms with Crippen LogP contribution in [0.2, 0.25) is 10.0 Å². The summed E-state index contributed by atoms with van der Waals surface area (Å²) < 4.78 is 10.4. The number of unbranched alkanes of at least 4 members (excludes halogenated alkanes) is 3. The number of nitrogens with one attached hydrogen (secondary N) is 1. The van der Waals surface area contributed by atoms with Gasteiger partial charge >= 0.3 is 5.97 Å². The molecule has 0 amide bonds. The SMILES string of the molecule is CNCCCCCCOC(=O)c1c(Cl)ccc(Cl)c1OC. The number of methoxy groups -OCH3 is 1. The summed E-state index contributed by atoms with van der Waals surface area (Å²) in [5.41, 5.74) is 0.182. The van der Waals surface area contributed by atoms with Crippen LogP contribution in [0.5, 0.6) is 5.75 Å². The fraction of sp³-hybridized carbons (Fsp3) is 0.533. The number of halogens is 2.